The number of aromatic carboxylic acids is 1. The van der Waals surface area contributed by atoms with Crippen LogP contribution in [0.25, 0.3) is 22.6 Å². The fourth-order valence-corrected chi connectivity index (χ4v) is 2.71. The number of H-pyrrole nitrogens is 1. The predicted octanol–water partition coefficient (Wildman–Crippen LogP) is 3.39. The number of carboxylic acid groups (broad SMARTS) is 1. The van der Waals surface area contributed by atoms with Gasteiger partial charge in [-0.25, -0.2) is 14.8 Å². The molecule has 3 rings (SSSR count). The minimum absolute atomic E-state index is 0.167. The van der Waals surface area contributed by atoms with Crippen molar-refractivity contribution in [2.24, 2.45) is 0 Å². The molecule has 0 aliphatic carbocycles. The highest BCUT2D eigenvalue weighted by molar-refractivity contribution is 9.10. The Bertz CT molecular complexity index is 806. The lowest BCUT2D eigenvalue weighted by molar-refractivity contribution is 0.0699. The Morgan fingerprint density at radius 1 is 1.35 bits per heavy atom. The fraction of sp³-hybridized carbons (Fsp3) is 0.0714. The number of fused-ring (bicyclic) bond motifs is 1. The van der Waals surface area contributed by atoms with Crippen molar-refractivity contribution in [3.05, 3.63) is 46.1 Å². The molecular formula is C14H10BrN3O2. The molecule has 0 fully saturated rings. The number of pyridine rings is 1. The number of hydrogen-bond acceptors (Lipinski definition) is 3. The van der Waals surface area contributed by atoms with E-state index in [-0.39, 0.29) is 5.56 Å². The number of aromatic amines is 1. The number of aryl methyl sites for hydroxylation is 1. The second-order valence-electron chi connectivity index (χ2n) is 4.46. The van der Waals surface area contributed by atoms with E-state index in [0.29, 0.717) is 17.0 Å². The van der Waals surface area contributed by atoms with Crippen LogP contribution in [0, 0.1) is 6.92 Å². The van der Waals surface area contributed by atoms with Crippen LogP contribution in [0.4, 0.5) is 0 Å². The molecule has 6 heteroatoms. The molecule has 2 heterocycles. The van der Waals surface area contributed by atoms with Gasteiger partial charge in [-0.2, -0.15) is 0 Å². The first-order chi connectivity index (χ1) is 9.54. The molecule has 0 unspecified atom stereocenters. The van der Waals surface area contributed by atoms with Gasteiger partial charge in [0.15, 0.2) is 5.65 Å². The number of rotatable bonds is 2. The lowest BCUT2D eigenvalue weighted by atomic mass is 10.1. The molecule has 5 nitrogen and oxygen atoms in total. The smallest absolute Gasteiger partial charge is 0.338 e. The van der Waals surface area contributed by atoms with Crippen LogP contribution in [0.1, 0.15) is 15.9 Å². The first kappa shape index (κ1) is 12.8. The Morgan fingerprint density at radius 3 is 2.85 bits per heavy atom. The SMILES string of the molecule is Cc1cc(Br)cc(-c2nc3nccc(C(=O)O)c3[nH]2)c1. The predicted molar refractivity (Wildman–Crippen MR) is 78.7 cm³/mol. The number of aromatic nitrogens is 3. The maximum Gasteiger partial charge on any atom is 0.338 e. The van der Waals surface area contributed by atoms with Gasteiger partial charge in [0.2, 0.25) is 0 Å². The van der Waals surface area contributed by atoms with Crippen molar-refractivity contribution in [1.82, 2.24) is 15.0 Å². The van der Waals surface area contributed by atoms with Crippen molar-refractivity contribution in [3.63, 3.8) is 0 Å². The van der Waals surface area contributed by atoms with Crippen molar-refractivity contribution in [1.29, 1.82) is 0 Å². The molecule has 2 aromatic heterocycles. The van der Waals surface area contributed by atoms with Crippen LogP contribution in [-0.4, -0.2) is 26.0 Å². The summed E-state index contributed by atoms with van der Waals surface area (Å²) in [4.78, 5) is 22.7. The number of hydrogen-bond donors (Lipinski definition) is 2. The zero-order valence-electron chi connectivity index (χ0n) is 10.5. The van der Waals surface area contributed by atoms with Gasteiger partial charge in [0, 0.05) is 16.2 Å². The standard InChI is InChI=1S/C14H10BrN3O2/c1-7-4-8(6-9(15)5-7)12-17-11-10(14(19)20)2-3-16-13(11)18-12/h2-6H,1H3,(H,19,20)(H,16,17,18). The summed E-state index contributed by atoms with van der Waals surface area (Å²) in [6.45, 7) is 1.98. The second kappa shape index (κ2) is 4.72. The van der Waals surface area contributed by atoms with Crippen molar-refractivity contribution in [2.45, 2.75) is 6.92 Å². The molecule has 1 aromatic carbocycles. The van der Waals surface area contributed by atoms with E-state index in [1.807, 2.05) is 25.1 Å². The molecule has 0 radical (unpaired) electrons. The second-order valence-corrected chi connectivity index (χ2v) is 5.38. The van der Waals surface area contributed by atoms with Gasteiger partial charge in [0.05, 0.1) is 11.1 Å². The van der Waals surface area contributed by atoms with Crippen molar-refractivity contribution < 1.29 is 9.90 Å². The van der Waals surface area contributed by atoms with E-state index < -0.39 is 5.97 Å². The average Bonchev–Trinajstić information content (AvgIpc) is 2.80. The fourth-order valence-electron chi connectivity index (χ4n) is 2.10. The van der Waals surface area contributed by atoms with Crippen LogP contribution in [-0.2, 0) is 0 Å². The van der Waals surface area contributed by atoms with E-state index >= 15 is 0 Å². The molecule has 3 aromatic rings. The molecule has 0 saturated heterocycles. The molecular weight excluding hydrogens is 322 g/mol. The van der Waals surface area contributed by atoms with Gasteiger partial charge in [0.1, 0.15) is 5.82 Å². The summed E-state index contributed by atoms with van der Waals surface area (Å²) < 4.78 is 0.944. The molecule has 0 aliphatic heterocycles. The van der Waals surface area contributed by atoms with Crippen LogP contribution in [0.2, 0.25) is 0 Å². The third-order valence-corrected chi connectivity index (χ3v) is 3.40. The van der Waals surface area contributed by atoms with E-state index in [1.165, 1.54) is 12.3 Å². The van der Waals surface area contributed by atoms with E-state index in [0.717, 1.165) is 15.6 Å². The normalized spacial score (nSPS) is 10.9. The minimum Gasteiger partial charge on any atom is -0.478 e. The molecule has 0 aliphatic rings. The van der Waals surface area contributed by atoms with Gasteiger partial charge in [-0.3, -0.25) is 0 Å². The lowest BCUT2D eigenvalue weighted by Crippen LogP contribution is -1.97. The maximum absolute atomic E-state index is 11.2. The number of carboxylic acids is 1. The van der Waals surface area contributed by atoms with Crippen molar-refractivity contribution >= 4 is 33.1 Å². The summed E-state index contributed by atoms with van der Waals surface area (Å²) >= 11 is 3.44. The van der Waals surface area contributed by atoms with Gasteiger partial charge in [-0.15, -0.1) is 0 Å². The molecule has 2 N–H and O–H groups in total. The average molecular weight is 332 g/mol. The molecule has 0 spiro atoms. The molecule has 20 heavy (non-hydrogen) atoms. The Hall–Kier alpha value is -2.21. The van der Waals surface area contributed by atoms with Gasteiger partial charge in [-0.05, 0) is 36.8 Å². The molecule has 0 atom stereocenters. The maximum atomic E-state index is 11.2. The van der Waals surface area contributed by atoms with E-state index in [9.17, 15) is 4.79 Å². The van der Waals surface area contributed by atoms with Gasteiger partial charge < -0.3 is 10.1 Å². The third kappa shape index (κ3) is 2.18. The number of benzene rings is 1. The van der Waals surface area contributed by atoms with E-state index in [2.05, 4.69) is 30.9 Å². The monoisotopic (exact) mass is 331 g/mol. The molecule has 0 bridgehead atoms. The number of nitrogens with one attached hydrogen (secondary N) is 1. The summed E-state index contributed by atoms with van der Waals surface area (Å²) in [6.07, 6.45) is 1.45. The van der Waals surface area contributed by atoms with E-state index in [4.69, 9.17) is 5.11 Å². The first-order valence-electron chi connectivity index (χ1n) is 5.90. The Kier molecular flexibility index (Phi) is 3.02. The zero-order valence-corrected chi connectivity index (χ0v) is 12.1. The first-order valence-corrected chi connectivity index (χ1v) is 6.69. The summed E-state index contributed by atoms with van der Waals surface area (Å²) in [5.74, 6) is -0.399. The molecule has 0 saturated carbocycles. The number of halogens is 1. The highest BCUT2D eigenvalue weighted by Crippen LogP contribution is 2.25. The quantitative estimate of drug-likeness (QED) is 0.754. The lowest BCUT2D eigenvalue weighted by Gasteiger charge is -2.00. The minimum atomic E-state index is -1.00. The van der Waals surface area contributed by atoms with Crippen LogP contribution < -0.4 is 0 Å². The highest BCUT2D eigenvalue weighted by atomic mass is 79.9. The third-order valence-electron chi connectivity index (χ3n) is 2.94. The molecule has 100 valence electrons. The summed E-state index contributed by atoms with van der Waals surface area (Å²) in [6, 6.07) is 7.35. The van der Waals surface area contributed by atoms with E-state index in [1.54, 1.807) is 0 Å². The van der Waals surface area contributed by atoms with Crippen LogP contribution >= 0.6 is 15.9 Å². The largest absolute Gasteiger partial charge is 0.478 e. The topological polar surface area (TPSA) is 78.9 Å². The van der Waals surface area contributed by atoms with Crippen molar-refractivity contribution in [3.8, 4) is 11.4 Å². The van der Waals surface area contributed by atoms with Crippen molar-refractivity contribution in [2.75, 3.05) is 0 Å². The van der Waals surface area contributed by atoms with Gasteiger partial charge >= 0.3 is 5.97 Å². The van der Waals surface area contributed by atoms with Crippen LogP contribution in [0.15, 0.2) is 34.9 Å². The molecule has 0 amide bonds. The van der Waals surface area contributed by atoms with Crippen LogP contribution in [0.3, 0.4) is 0 Å². The number of nitrogens with zero attached hydrogens (tertiary/aromatic N) is 2. The highest BCUT2D eigenvalue weighted by Gasteiger charge is 2.14. The summed E-state index contributed by atoms with van der Waals surface area (Å²) in [5.41, 5.74) is 2.97. The van der Waals surface area contributed by atoms with Gasteiger partial charge in [-0.1, -0.05) is 15.9 Å². The Balaban J connectivity index is 2.23. The summed E-state index contributed by atoms with van der Waals surface area (Å²) in [5, 5.41) is 9.17. The van der Waals surface area contributed by atoms with Gasteiger partial charge in [0.25, 0.3) is 0 Å². The zero-order chi connectivity index (χ0) is 14.3. The Labute approximate surface area is 122 Å². The number of imidazole rings is 1. The summed E-state index contributed by atoms with van der Waals surface area (Å²) in [7, 11) is 0. The Morgan fingerprint density at radius 2 is 2.15 bits per heavy atom. The van der Waals surface area contributed by atoms with Crippen LogP contribution in [0.5, 0.6) is 0 Å². The number of carbonyl (C=O) groups is 1.